The minimum absolute atomic E-state index is 0.0837. The van der Waals surface area contributed by atoms with Crippen LogP contribution in [-0.4, -0.2) is 36.3 Å². The minimum atomic E-state index is -0.836. The largest absolute Gasteiger partial charge is 0.493 e. The van der Waals surface area contributed by atoms with E-state index in [0.717, 1.165) is 11.3 Å². The van der Waals surface area contributed by atoms with Crippen molar-refractivity contribution in [3.8, 4) is 17.2 Å². The summed E-state index contributed by atoms with van der Waals surface area (Å²) in [5.41, 5.74) is 1.43. The van der Waals surface area contributed by atoms with Crippen molar-refractivity contribution in [2.45, 2.75) is 46.8 Å². The summed E-state index contributed by atoms with van der Waals surface area (Å²) < 4.78 is 25.3. The lowest BCUT2D eigenvalue weighted by Crippen LogP contribution is -2.40. The van der Waals surface area contributed by atoms with Gasteiger partial charge in [0.15, 0.2) is 22.0 Å². The zero-order valence-corrected chi connectivity index (χ0v) is 27.2. The molecule has 3 aromatic rings. The Kier molecular flexibility index (Phi) is 9.55. The van der Waals surface area contributed by atoms with Gasteiger partial charge >= 0.3 is 11.9 Å². The molecule has 1 aliphatic rings. The van der Waals surface area contributed by atoms with Gasteiger partial charge in [-0.25, -0.2) is 9.79 Å². The van der Waals surface area contributed by atoms with Crippen molar-refractivity contribution in [1.82, 2.24) is 4.57 Å². The zero-order chi connectivity index (χ0) is 30.0. The van der Waals surface area contributed by atoms with Crippen LogP contribution < -0.4 is 29.1 Å². The number of hydrogen-bond donors (Lipinski definition) is 0. The Bertz CT molecular complexity index is 1740. The summed E-state index contributed by atoms with van der Waals surface area (Å²) in [5.74, 6) is 0.202. The van der Waals surface area contributed by atoms with Crippen LogP contribution in [0.5, 0.6) is 17.2 Å². The molecular formula is C29H28Br2N2O7S. The molecule has 9 nitrogen and oxygen atoms in total. The molecule has 2 aromatic carbocycles. The Labute approximate surface area is 257 Å². The monoisotopic (exact) mass is 706 g/mol. The van der Waals surface area contributed by atoms with Gasteiger partial charge in [-0.15, -0.1) is 0 Å². The number of fused-ring (bicyclic) bond motifs is 1. The number of esters is 2. The fourth-order valence-electron chi connectivity index (χ4n) is 4.39. The predicted molar refractivity (Wildman–Crippen MR) is 162 cm³/mol. The van der Waals surface area contributed by atoms with Crippen LogP contribution in [0.2, 0.25) is 0 Å². The van der Waals surface area contributed by atoms with E-state index >= 15 is 0 Å². The van der Waals surface area contributed by atoms with Crippen molar-refractivity contribution in [3.05, 3.63) is 81.4 Å². The van der Waals surface area contributed by atoms with Gasteiger partial charge in [-0.1, -0.05) is 33.3 Å². The molecule has 0 aliphatic carbocycles. The maximum atomic E-state index is 14.0. The number of ether oxygens (including phenoxy) is 4. The van der Waals surface area contributed by atoms with Gasteiger partial charge in [0.2, 0.25) is 0 Å². The van der Waals surface area contributed by atoms with Crippen LogP contribution in [0.15, 0.2) is 60.3 Å². The summed E-state index contributed by atoms with van der Waals surface area (Å²) >= 11 is 8.05. The normalized spacial score (nSPS) is 15.0. The molecule has 0 bridgehead atoms. The number of carbonyl (C=O) groups is 2. The van der Waals surface area contributed by atoms with Crippen LogP contribution in [0.3, 0.4) is 0 Å². The van der Waals surface area contributed by atoms with Gasteiger partial charge in [0.05, 0.1) is 46.1 Å². The quantitative estimate of drug-likeness (QED) is 0.239. The fraction of sp³-hybridized carbons (Fsp3) is 0.310. The first kappa shape index (κ1) is 30.7. The highest BCUT2D eigenvalue weighted by molar-refractivity contribution is 9.11. The molecular weight excluding hydrogens is 680 g/mol. The molecule has 0 radical (unpaired) electrons. The Morgan fingerprint density at radius 3 is 2.54 bits per heavy atom. The van der Waals surface area contributed by atoms with Gasteiger partial charge in [-0.3, -0.25) is 14.2 Å². The van der Waals surface area contributed by atoms with Gasteiger partial charge in [0.1, 0.15) is 0 Å². The maximum Gasteiger partial charge on any atom is 0.338 e. The number of nitrogens with zero attached hydrogens (tertiary/aromatic N) is 2. The smallest absolute Gasteiger partial charge is 0.338 e. The number of thiazole rings is 1. The number of rotatable bonds is 8. The van der Waals surface area contributed by atoms with E-state index in [9.17, 15) is 14.4 Å². The Balaban J connectivity index is 1.98. The minimum Gasteiger partial charge on any atom is -0.493 e. The molecule has 216 valence electrons. The molecule has 12 heteroatoms. The molecule has 0 spiro atoms. The summed E-state index contributed by atoms with van der Waals surface area (Å²) in [6.45, 7) is 8.72. The molecule has 0 saturated carbocycles. The number of hydrogen-bond acceptors (Lipinski definition) is 9. The Hall–Kier alpha value is -3.22. The molecule has 0 unspecified atom stereocenters. The molecule has 41 heavy (non-hydrogen) atoms. The molecule has 1 aromatic heterocycles. The number of allylic oxidation sites excluding steroid dienone is 1. The standard InChI is InChI=1S/C29H28Br2N2O7S/c1-7-38-28(36)24-15(4)32-29-33(25(24)17-8-9-21(39-14(2)3)22(11-17)37-6)27(35)23(41-29)12-18-10-19(30)13-20(31)26(18)40-16(5)34/h8-14,25H,7H2,1-6H3/b23-12+/t25-/m0/s1. The second kappa shape index (κ2) is 12.7. The van der Waals surface area contributed by atoms with Gasteiger partial charge in [-0.2, -0.15) is 0 Å². The van der Waals surface area contributed by atoms with Crippen LogP contribution in [-0.2, 0) is 14.3 Å². The summed E-state index contributed by atoms with van der Waals surface area (Å²) in [5, 5.41) is 0. The fourth-order valence-corrected chi connectivity index (χ4v) is 6.77. The lowest BCUT2D eigenvalue weighted by Gasteiger charge is -2.25. The Morgan fingerprint density at radius 2 is 1.90 bits per heavy atom. The number of benzene rings is 2. The highest BCUT2D eigenvalue weighted by Crippen LogP contribution is 2.37. The van der Waals surface area contributed by atoms with E-state index in [2.05, 4.69) is 36.9 Å². The summed E-state index contributed by atoms with van der Waals surface area (Å²) in [7, 11) is 1.53. The van der Waals surface area contributed by atoms with E-state index in [-0.39, 0.29) is 29.6 Å². The molecule has 0 amide bonds. The lowest BCUT2D eigenvalue weighted by molar-refractivity contribution is -0.139. The number of methoxy groups -OCH3 is 1. The van der Waals surface area contributed by atoms with Crippen molar-refractivity contribution in [1.29, 1.82) is 0 Å². The van der Waals surface area contributed by atoms with Crippen LogP contribution in [0, 0.1) is 0 Å². The molecule has 1 aliphatic heterocycles. The summed E-state index contributed by atoms with van der Waals surface area (Å²) in [6, 6.07) is 7.95. The van der Waals surface area contributed by atoms with Crippen molar-refractivity contribution < 1.29 is 28.5 Å². The van der Waals surface area contributed by atoms with Crippen molar-refractivity contribution in [2.75, 3.05) is 13.7 Å². The second-order valence-corrected chi connectivity index (χ2v) is 12.1. The number of carbonyl (C=O) groups excluding carboxylic acids is 2. The maximum absolute atomic E-state index is 14.0. The highest BCUT2D eigenvalue weighted by atomic mass is 79.9. The first-order valence-electron chi connectivity index (χ1n) is 12.7. The molecule has 0 N–H and O–H groups in total. The molecule has 4 rings (SSSR count). The van der Waals surface area contributed by atoms with Gasteiger partial charge < -0.3 is 18.9 Å². The van der Waals surface area contributed by atoms with Crippen LogP contribution in [0.4, 0.5) is 0 Å². The average Bonchev–Trinajstić information content (AvgIpc) is 3.19. The van der Waals surface area contributed by atoms with E-state index in [1.807, 2.05) is 13.8 Å². The van der Waals surface area contributed by atoms with E-state index in [1.165, 1.54) is 18.6 Å². The molecule has 0 fully saturated rings. The van der Waals surface area contributed by atoms with Gasteiger partial charge in [0, 0.05) is 17.0 Å². The third kappa shape index (κ3) is 6.49. The average molecular weight is 708 g/mol. The van der Waals surface area contributed by atoms with Gasteiger partial charge in [-0.05, 0) is 79.5 Å². The van der Waals surface area contributed by atoms with Crippen molar-refractivity contribution in [3.63, 3.8) is 0 Å². The second-order valence-electron chi connectivity index (χ2n) is 9.28. The van der Waals surface area contributed by atoms with Crippen molar-refractivity contribution >= 4 is 61.2 Å². The van der Waals surface area contributed by atoms with Crippen LogP contribution in [0.1, 0.15) is 51.8 Å². The molecule has 1 atom stereocenters. The van der Waals surface area contributed by atoms with Crippen LogP contribution in [0.25, 0.3) is 6.08 Å². The third-order valence-corrected chi connectivity index (χ3v) is 7.98. The van der Waals surface area contributed by atoms with Crippen LogP contribution >= 0.6 is 43.2 Å². The number of aromatic nitrogens is 1. The van der Waals surface area contributed by atoms with Gasteiger partial charge in [0.25, 0.3) is 5.56 Å². The summed E-state index contributed by atoms with van der Waals surface area (Å²) in [4.78, 5) is 44.1. The SMILES string of the molecule is CCOC(=O)C1=C(C)N=c2s/c(=C/c3cc(Br)cc(Br)c3OC(C)=O)c(=O)n2[C@H]1c1ccc(OC(C)C)c(OC)c1. The zero-order valence-electron chi connectivity index (χ0n) is 23.2. The van der Waals surface area contributed by atoms with E-state index in [4.69, 9.17) is 18.9 Å². The van der Waals surface area contributed by atoms with E-state index < -0.39 is 18.0 Å². The number of halogens is 2. The van der Waals surface area contributed by atoms with Crippen molar-refractivity contribution in [2.24, 2.45) is 4.99 Å². The van der Waals surface area contributed by atoms with E-state index in [0.29, 0.717) is 46.6 Å². The topological polar surface area (TPSA) is 105 Å². The lowest BCUT2D eigenvalue weighted by atomic mass is 9.95. The molecule has 2 heterocycles. The third-order valence-electron chi connectivity index (χ3n) is 5.95. The van der Waals surface area contributed by atoms with E-state index in [1.54, 1.807) is 50.3 Å². The predicted octanol–water partition coefficient (Wildman–Crippen LogP) is 5.04. The summed E-state index contributed by atoms with van der Waals surface area (Å²) in [6.07, 6.45) is 1.55. The first-order chi connectivity index (χ1) is 19.4. The first-order valence-corrected chi connectivity index (χ1v) is 15.1. The molecule has 0 saturated heterocycles. The Morgan fingerprint density at radius 1 is 1.17 bits per heavy atom. The highest BCUT2D eigenvalue weighted by Gasteiger charge is 2.34.